The SMILES string of the molecule is Cc1cc(NS(=O)(=O)c2cc(N)cc(C)c2C)cnc1Cl. The molecule has 0 fully saturated rings. The molecule has 0 atom stereocenters. The molecule has 1 aromatic heterocycles. The van der Waals surface area contributed by atoms with Gasteiger partial charge in [-0.1, -0.05) is 11.6 Å². The molecule has 0 aliphatic heterocycles. The van der Waals surface area contributed by atoms with Crippen molar-refractivity contribution in [1.29, 1.82) is 0 Å². The van der Waals surface area contributed by atoms with Crippen LogP contribution in [0.25, 0.3) is 0 Å². The third kappa shape index (κ3) is 3.28. The number of nitrogens with two attached hydrogens (primary N) is 1. The molecule has 21 heavy (non-hydrogen) atoms. The number of nitrogen functional groups attached to an aromatic ring is 1. The maximum absolute atomic E-state index is 12.5. The molecule has 0 aliphatic carbocycles. The van der Waals surface area contributed by atoms with Crippen molar-refractivity contribution in [2.75, 3.05) is 10.5 Å². The van der Waals surface area contributed by atoms with E-state index in [4.69, 9.17) is 17.3 Å². The van der Waals surface area contributed by atoms with Crippen molar-refractivity contribution >= 4 is 33.0 Å². The smallest absolute Gasteiger partial charge is 0.262 e. The maximum atomic E-state index is 12.5. The number of aryl methyl sites for hydroxylation is 2. The number of nitrogens with one attached hydrogen (secondary N) is 1. The molecule has 0 amide bonds. The lowest BCUT2D eigenvalue weighted by Gasteiger charge is -2.13. The number of anilines is 2. The standard InChI is InChI=1S/C14H16ClN3O2S/c1-8-4-11(16)6-13(10(8)3)21(19,20)18-12-5-9(2)14(15)17-7-12/h4-7,18H,16H2,1-3H3. The van der Waals surface area contributed by atoms with Crippen LogP contribution in [0, 0.1) is 20.8 Å². The van der Waals surface area contributed by atoms with Crippen molar-refractivity contribution in [2.24, 2.45) is 0 Å². The molecule has 0 saturated carbocycles. The van der Waals surface area contributed by atoms with E-state index in [0.717, 1.165) is 5.56 Å². The lowest BCUT2D eigenvalue weighted by Crippen LogP contribution is -2.15. The summed E-state index contributed by atoms with van der Waals surface area (Å²) in [6.07, 6.45) is 1.38. The number of pyridine rings is 1. The van der Waals surface area contributed by atoms with Gasteiger partial charge < -0.3 is 5.73 Å². The molecule has 2 aromatic rings. The topological polar surface area (TPSA) is 85.1 Å². The van der Waals surface area contributed by atoms with E-state index >= 15 is 0 Å². The van der Waals surface area contributed by atoms with Gasteiger partial charge in [0, 0.05) is 5.69 Å². The third-order valence-corrected chi connectivity index (χ3v) is 5.10. The van der Waals surface area contributed by atoms with E-state index in [9.17, 15) is 8.42 Å². The van der Waals surface area contributed by atoms with Crippen LogP contribution in [0.15, 0.2) is 29.3 Å². The molecule has 1 heterocycles. The zero-order valence-corrected chi connectivity index (χ0v) is 13.5. The Bertz CT molecular complexity index is 804. The summed E-state index contributed by atoms with van der Waals surface area (Å²) >= 11 is 5.83. The van der Waals surface area contributed by atoms with E-state index in [2.05, 4.69) is 9.71 Å². The van der Waals surface area contributed by atoms with Crippen LogP contribution in [0.2, 0.25) is 5.15 Å². The van der Waals surface area contributed by atoms with Gasteiger partial charge in [-0.05, 0) is 55.7 Å². The van der Waals surface area contributed by atoms with Crippen molar-refractivity contribution in [3.8, 4) is 0 Å². The van der Waals surface area contributed by atoms with Gasteiger partial charge in [-0.25, -0.2) is 13.4 Å². The van der Waals surface area contributed by atoms with Crippen molar-refractivity contribution < 1.29 is 8.42 Å². The third-order valence-electron chi connectivity index (χ3n) is 3.20. The fraction of sp³-hybridized carbons (Fsp3) is 0.214. The monoisotopic (exact) mass is 325 g/mol. The highest BCUT2D eigenvalue weighted by molar-refractivity contribution is 7.92. The second kappa shape index (κ2) is 5.54. The molecular formula is C14H16ClN3O2S. The van der Waals surface area contributed by atoms with Crippen LogP contribution in [0.1, 0.15) is 16.7 Å². The van der Waals surface area contributed by atoms with Gasteiger partial charge in [0.05, 0.1) is 16.8 Å². The summed E-state index contributed by atoms with van der Waals surface area (Å²) in [5.74, 6) is 0. The number of hydrogen-bond acceptors (Lipinski definition) is 4. The summed E-state index contributed by atoms with van der Waals surface area (Å²) in [5, 5.41) is 0.342. The summed E-state index contributed by atoms with van der Waals surface area (Å²) < 4.78 is 27.5. The first-order chi connectivity index (χ1) is 9.70. The number of aromatic nitrogens is 1. The molecule has 112 valence electrons. The quantitative estimate of drug-likeness (QED) is 0.671. The van der Waals surface area contributed by atoms with Crippen LogP contribution < -0.4 is 10.5 Å². The average molecular weight is 326 g/mol. The van der Waals surface area contributed by atoms with Crippen molar-refractivity contribution in [1.82, 2.24) is 4.98 Å². The van der Waals surface area contributed by atoms with Gasteiger partial charge in [0.1, 0.15) is 5.15 Å². The molecule has 0 unspecified atom stereocenters. The van der Waals surface area contributed by atoms with E-state index in [1.54, 1.807) is 26.0 Å². The molecular weight excluding hydrogens is 310 g/mol. The lowest BCUT2D eigenvalue weighted by molar-refractivity contribution is 0.600. The highest BCUT2D eigenvalue weighted by Crippen LogP contribution is 2.25. The summed E-state index contributed by atoms with van der Waals surface area (Å²) in [5.41, 5.74) is 8.68. The molecule has 3 N–H and O–H groups in total. The maximum Gasteiger partial charge on any atom is 0.262 e. The van der Waals surface area contributed by atoms with Crippen molar-refractivity contribution in [3.05, 3.63) is 46.2 Å². The second-order valence-electron chi connectivity index (χ2n) is 4.90. The molecule has 5 nitrogen and oxygen atoms in total. The van der Waals surface area contributed by atoms with Gasteiger partial charge in [-0.15, -0.1) is 0 Å². The Balaban J connectivity index is 2.45. The molecule has 2 rings (SSSR count). The van der Waals surface area contributed by atoms with E-state index in [0.29, 0.717) is 27.7 Å². The van der Waals surface area contributed by atoms with E-state index in [1.165, 1.54) is 12.3 Å². The van der Waals surface area contributed by atoms with Crippen molar-refractivity contribution in [2.45, 2.75) is 25.7 Å². The Morgan fingerprint density at radius 1 is 1.14 bits per heavy atom. The van der Waals surface area contributed by atoms with Gasteiger partial charge in [0.15, 0.2) is 0 Å². The zero-order chi connectivity index (χ0) is 15.8. The molecule has 0 radical (unpaired) electrons. The van der Waals surface area contributed by atoms with Gasteiger partial charge >= 0.3 is 0 Å². The Labute approximate surface area is 129 Å². The minimum Gasteiger partial charge on any atom is -0.399 e. The zero-order valence-electron chi connectivity index (χ0n) is 11.9. The normalized spacial score (nSPS) is 11.4. The number of sulfonamides is 1. The minimum atomic E-state index is -3.73. The van der Waals surface area contributed by atoms with Crippen LogP contribution in [0.3, 0.4) is 0 Å². The Kier molecular flexibility index (Phi) is 4.11. The molecule has 7 heteroatoms. The second-order valence-corrected chi connectivity index (χ2v) is 6.91. The Morgan fingerprint density at radius 2 is 1.81 bits per heavy atom. The number of nitrogens with zero attached hydrogens (tertiary/aromatic N) is 1. The van der Waals surface area contributed by atoms with Crippen LogP contribution in [-0.2, 0) is 10.0 Å². The summed E-state index contributed by atoms with van der Waals surface area (Å²) in [4.78, 5) is 4.09. The molecule has 0 aliphatic rings. The molecule has 1 aromatic carbocycles. The van der Waals surface area contributed by atoms with Crippen molar-refractivity contribution in [3.63, 3.8) is 0 Å². The molecule has 0 saturated heterocycles. The van der Waals surface area contributed by atoms with Crippen LogP contribution >= 0.6 is 11.6 Å². The largest absolute Gasteiger partial charge is 0.399 e. The first-order valence-electron chi connectivity index (χ1n) is 6.22. The van der Waals surface area contributed by atoms with Gasteiger partial charge in [0.2, 0.25) is 0 Å². The number of benzene rings is 1. The van der Waals surface area contributed by atoms with Gasteiger partial charge in [-0.2, -0.15) is 0 Å². The number of hydrogen-bond donors (Lipinski definition) is 2. The lowest BCUT2D eigenvalue weighted by atomic mass is 10.1. The summed E-state index contributed by atoms with van der Waals surface area (Å²) in [6, 6.07) is 4.81. The number of halogens is 1. The van der Waals surface area contributed by atoms with E-state index < -0.39 is 10.0 Å². The van der Waals surface area contributed by atoms with E-state index in [1.807, 2.05) is 6.92 Å². The first kappa shape index (κ1) is 15.6. The molecule has 0 spiro atoms. The predicted molar refractivity (Wildman–Crippen MR) is 85.1 cm³/mol. The molecule has 0 bridgehead atoms. The van der Waals surface area contributed by atoms with Gasteiger partial charge in [0.25, 0.3) is 10.0 Å². The van der Waals surface area contributed by atoms with Crippen LogP contribution in [0.4, 0.5) is 11.4 Å². The fourth-order valence-electron chi connectivity index (χ4n) is 1.96. The number of rotatable bonds is 3. The minimum absolute atomic E-state index is 0.160. The van der Waals surface area contributed by atoms with E-state index in [-0.39, 0.29) is 4.90 Å². The van der Waals surface area contributed by atoms with Crippen LogP contribution in [-0.4, -0.2) is 13.4 Å². The fourth-order valence-corrected chi connectivity index (χ4v) is 3.45. The highest BCUT2D eigenvalue weighted by Gasteiger charge is 2.19. The average Bonchev–Trinajstić information content (AvgIpc) is 2.37. The van der Waals surface area contributed by atoms with Crippen LogP contribution in [0.5, 0.6) is 0 Å². The first-order valence-corrected chi connectivity index (χ1v) is 8.08. The Hall–Kier alpha value is -1.79. The summed E-state index contributed by atoms with van der Waals surface area (Å²) in [7, 11) is -3.73. The summed E-state index contributed by atoms with van der Waals surface area (Å²) in [6.45, 7) is 5.32. The van der Waals surface area contributed by atoms with Gasteiger partial charge in [-0.3, -0.25) is 4.72 Å². The highest BCUT2D eigenvalue weighted by atomic mass is 35.5. The Morgan fingerprint density at radius 3 is 2.43 bits per heavy atom. The predicted octanol–water partition coefficient (Wildman–Crippen LogP) is 3.04.